The van der Waals surface area contributed by atoms with Gasteiger partial charge in [0.15, 0.2) is 0 Å². The highest BCUT2D eigenvalue weighted by Crippen LogP contribution is 2.47. The molecule has 0 aromatic carbocycles. The molecular weight excluding hydrogens is 204 g/mol. The van der Waals surface area contributed by atoms with E-state index in [0.29, 0.717) is 6.04 Å². The lowest BCUT2D eigenvalue weighted by Gasteiger charge is -2.07. The number of H-pyrrole nitrogens is 1. The number of anilines is 1. The number of aromatic amines is 1. The van der Waals surface area contributed by atoms with Crippen LogP contribution in [0.4, 0.5) is 5.69 Å². The number of hydrogen-bond acceptors (Lipinski definition) is 3. The number of nitrogens with two attached hydrogens (primary N) is 1. The van der Waals surface area contributed by atoms with Crippen molar-refractivity contribution in [1.82, 2.24) is 10.4 Å². The van der Waals surface area contributed by atoms with E-state index in [1.807, 2.05) is 6.20 Å². The molecule has 1 saturated carbocycles. The van der Waals surface area contributed by atoms with Crippen LogP contribution in [0, 0.1) is 5.92 Å². The average Bonchev–Trinajstić information content (AvgIpc) is 3.07. The van der Waals surface area contributed by atoms with Gasteiger partial charge in [0.25, 0.3) is 0 Å². The molecule has 4 heterocycles. The summed E-state index contributed by atoms with van der Waals surface area (Å²) >= 11 is 0. The highest BCUT2D eigenvalue weighted by molar-refractivity contribution is 5.76. The number of fused-ring (bicyclic) bond motifs is 2. The molecule has 86 valence electrons. The Kier molecular flexibility index (Phi) is 2.14. The summed E-state index contributed by atoms with van der Waals surface area (Å²) in [6.45, 7) is 0. The Hall–Kier alpha value is -1.49. The van der Waals surface area contributed by atoms with E-state index in [1.54, 1.807) is 0 Å². The fraction of sp³-hybridized carbons (Fsp3) is 0.545. The molecule has 5 nitrogen and oxygen atoms in total. The van der Waals surface area contributed by atoms with Crippen molar-refractivity contribution < 1.29 is 4.79 Å². The number of carbonyl (C=O) groups excluding carboxylic acids is 1. The lowest BCUT2D eigenvalue weighted by atomic mass is 9.99. The van der Waals surface area contributed by atoms with Crippen LogP contribution in [0.3, 0.4) is 0 Å². The Balaban J connectivity index is 0.000000101. The number of hydrazine groups is 1. The summed E-state index contributed by atoms with van der Waals surface area (Å²) in [6.07, 6.45) is 6.47. The Labute approximate surface area is 93.8 Å². The van der Waals surface area contributed by atoms with Gasteiger partial charge in [-0.25, -0.2) is 5.43 Å². The predicted molar refractivity (Wildman–Crippen MR) is 60.5 cm³/mol. The molecule has 0 saturated heterocycles. The summed E-state index contributed by atoms with van der Waals surface area (Å²) < 4.78 is 0. The van der Waals surface area contributed by atoms with Gasteiger partial charge in [-0.15, -0.1) is 0 Å². The van der Waals surface area contributed by atoms with Gasteiger partial charge in [0.1, 0.15) is 0 Å². The number of nitrogens with one attached hydrogen (secondary N) is 3. The number of primary amides is 1. The zero-order valence-electron chi connectivity index (χ0n) is 9.05. The molecule has 1 aromatic rings. The molecule has 6 rings (SSSR count). The summed E-state index contributed by atoms with van der Waals surface area (Å²) in [6, 6.07) is 0.505. The quantitative estimate of drug-likeness (QED) is 0.570. The molecule has 2 aliphatic carbocycles. The second-order valence-electron chi connectivity index (χ2n) is 4.62. The maximum Gasteiger partial charge on any atom is 0.220 e. The zero-order chi connectivity index (χ0) is 11.1. The summed E-state index contributed by atoms with van der Waals surface area (Å²) in [5.74, 6) is 0.0949. The fourth-order valence-corrected chi connectivity index (χ4v) is 2.63. The molecule has 1 amide bonds. The first-order chi connectivity index (χ1) is 7.77. The van der Waals surface area contributed by atoms with Gasteiger partial charge in [0.2, 0.25) is 5.91 Å². The fourth-order valence-electron chi connectivity index (χ4n) is 2.63. The van der Waals surface area contributed by atoms with E-state index in [9.17, 15) is 4.79 Å². The monoisotopic (exact) mass is 220 g/mol. The molecular formula is C11H16N4O. The van der Waals surface area contributed by atoms with Crippen LogP contribution in [0.1, 0.15) is 43.0 Å². The molecule has 1 fully saturated rings. The van der Waals surface area contributed by atoms with E-state index in [0.717, 1.165) is 12.8 Å². The summed E-state index contributed by atoms with van der Waals surface area (Å²) in [5.41, 5.74) is 15.2. The van der Waals surface area contributed by atoms with Crippen LogP contribution in [0.2, 0.25) is 0 Å². The highest BCUT2D eigenvalue weighted by atomic mass is 16.1. The van der Waals surface area contributed by atoms with E-state index in [2.05, 4.69) is 15.8 Å². The summed E-state index contributed by atoms with van der Waals surface area (Å²) in [5, 5.41) is 0. The molecule has 5 aliphatic rings. The van der Waals surface area contributed by atoms with Crippen molar-refractivity contribution in [3.8, 4) is 0 Å². The van der Waals surface area contributed by atoms with Crippen molar-refractivity contribution in [3.63, 3.8) is 0 Å². The lowest BCUT2D eigenvalue weighted by Crippen LogP contribution is -2.19. The standard InChI is InChI=1S/C6H11NO.C5H5N3/c7-6(8)5-3-1-2-4-5;1-2-3-5(6-1)4(2)8-7-3/h5H,1-4H2,(H2,7,8);1,3,6-8H. The Morgan fingerprint density at radius 2 is 2.12 bits per heavy atom. The first-order valence-corrected chi connectivity index (χ1v) is 5.79. The summed E-state index contributed by atoms with van der Waals surface area (Å²) in [4.78, 5) is 13.6. The molecule has 3 aliphatic heterocycles. The minimum atomic E-state index is -0.109. The van der Waals surface area contributed by atoms with Crippen LogP contribution in [0.15, 0.2) is 6.20 Å². The number of rotatable bonds is 1. The smallest absolute Gasteiger partial charge is 0.220 e. The number of hydrogen-bond donors (Lipinski definition) is 4. The van der Waals surface area contributed by atoms with Crippen molar-refractivity contribution in [2.75, 3.05) is 5.43 Å². The van der Waals surface area contributed by atoms with Gasteiger partial charge in [-0.05, 0) is 12.8 Å². The van der Waals surface area contributed by atoms with Crippen molar-refractivity contribution >= 4 is 11.6 Å². The summed E-state index contributed by atoms with van der Waals surface area (Å²) in [7, 11) is 0. The molecule has 1 aromatic heterocycles. The van der Waals surface area contributed by atoms with Gasteiger partial charge >= 0.3 is 0 Å². The van der Waals surface area contributed by atoms with Crippen LogP contribution in [-0.2, 0) is 4.79 Å². The molecule has 4 bridgehead atoms. The molecule has 1 unspecified atom stereocenters. The van der Waals surface area contributed by atoms with Gasteiger partial charge in [-0.3, -0.25) is 4.79 Å². The number of carbonyl (C=O) groups is 1. The minimum Gasteiger partial charge on any atom is -0.369 e. The lowest BCUT2D eigenvalue weighted by molar-refractivity contribution is -0.121. The van der Waals surface area contributed by atoms with E-state index in [-0.39, 0.29) is 11.8 Å². The Bertz CT molecular complexity index is 398. The molecule has 1 atom stereocenters. The van der Waals surface area contributed by atoms with Crippen LogP contribution >= 0.6 is 0 Å². The van der Waals surface area contributed by atoms with Gasteiger partial charge in [-0.1, -0.05) is 12.8 Å². The normalized spacial score (nSPS) is 24.4. The van der Waals surface area contributed by atoms with Crippen molar-refractivity contribution in [2.45, 2.75) is 31.7 Å². The number of amides is 1. The van der Waals surface area contributed by atoms with Gasteiger partial charge < -0.3 is 16.1 Å². The highest BCUT2D eigenvalue weighted by Gasteiger charge is 2.39. The first-order valence-electron chi connectivity index (χ1n) is 5.79. The molecule has 5 N–H and O–H groups in total. The molecule has 0 radical (unpaired) electrons. The Morgan fingerprint density at radius 1 is 1.38 bits per heavy atom. The maximum atomic E-state index is 10.4. The second kappa shape index (κ2) is 3.52. The van der Waals surface area contributed by atoms with E-state index < -0.39 is 0 Å². The minimum absolute atomic E-state index is 0.109. The maximum absolute atomic E-state index is 10.4. The van der Waals surface area contributed by atoms with Gasteiger partial charge in [0, 0.05) is 17.7 Å². The topological polar surface area (TPSA) is 82.9 Å². The van der Waals surface area contributed by atoms with Crippen LogP contribution < -0.4 is 16.6 Å². The van der Waals surface area contributed by atoms with Gasteiger partial charge in [-0.2, -0.15) is 0 Å². The predicted octanol–water partition coefficient (Wildman–Crippen LogP) is 1.01. The van der Waals surface area contributed by atoms with E-state index in [1.165, 1.54) is 29.8 Å². The average molecular weight is 220 g/mol. The Morgan fingerprint density at radius 3 is 2.44 bits per heavy atom. The van der Waals surface area contributed by atoms with Gasteiger partial charge in [0.05, 0.1) is 17.4 Å². The third-order valence-electron chi connectivity index (χ3n) is 3.64. The van der Waals surface area contributed by atoms with Crippen LogP contribution in [0.5, 0.6) is 0 Å². The molecule has 5 heteroatoms. The second-order valence-corrected chi connectivity index (χ2v) is 4.62. The van der Waals surface area contributed by atoms with E-state index >= 15 is 0 Å². The van der Waals surface area contributed by atoms with Crippen LogP contribution in [-0.4, -0.2) is 10.9 Å². The first kappa shape index (κ1) is 9.72. The van der Waals surface area contributed by atoms with Crippen molar-refractivity contribution in [1.29, 1.82) is 0 Å². The van der Waals surface area contributed by atoms with Crippen molar-refractivity contribution in [2.24, 2.45) is 11.7 Å². The van der Waals surface area contributed by atoms with Crippen molar-refractivity contribution in [3.05, 3.63) is 17.5 Å². The number of aromatic nitrogens is 1. The third kappa shape index (κ3) is 1.31. The molecule has 16 heavy (non-hydrogen) atoms. The molecule has 0 spiro atoms. The third-order valence-corrected chi connectivity index (χ3v) is 3.64. The van der Waals surface area contributed by atoms with E-state index in [4.69, 9.17) is 5.73 Å². The zero-order valence-corrected chi connectivity index (χ0v) is 9.05. The SMILES string of the molecule is NC(=O)C1CCCC1.c1[nH]c2c3c1C2NN3. The largest absolute Gasteiger partial charge is 0.369 e. The van der Waals surface area contributed by atoms with Crippen LogP contribution in [0.25, 0.3) is 0 Å².